The second-order valence-electron chi connectivity index (χ2n) is 9.41. The largest absolute Gasteiger partial charge is 0.490 e. The third-order valence-corrected chi connectivity index (χ3v) is 6.16. The number of nitrogens with one attached hydrogen (secondary N) is 1. The zero-order valence-corrected chi connectivity index (χ0v) is 24.6. The number of amides is 2. The zero-order valence-electron chi connectivity index (χ0n) is 24.6. The number of aliphatic hydroxyl groups is 1. The smallest absolute Gasteiger partial charge is 0.248 e. The zero-order chi connectivity index (χ0) is 31.0. The number of hydrogen-bond donors (Lipinski definition) is 2. The molecule has 1 aromatic rings. The van der Waals surface area contributed by atoms with Crippen molar-refractivity contribution in [3.05, 3.63) is 41.5 Å². The van der Waals surface area contributed by atoms with Gasteiger partial charge in [0.1, 0.15) is 24.9 Å². The number of rotatable bonds is 27. The number of nitrogens with zero attached hydrogens (tertiary/aromatic N) is 1. The maximum absolute atomic E-state index is 11.9. The Morgan fingerprint density at radius 1 is 0.814 bits per heavy atom. The van der Waals surface area contributed by atoms with Crippen molar-refractivity contribution in [3.8, 4) is 5.75 Å². The van der Waals surface area contributed by atoms with E-state index in [0.717, 1.165) is 19.3 Å². The number of aliphatic hydroxyl groups excluding tert-OH is 1. The quantitative estimate of drug-likeness (QED) is 0.109. The summed E-state index contributed by atoms with van der Waals surface area (Å²) < 4.78 is 32.7. The van der Waals surface area contributed by atoms with Gasteiger partial charge < -0.3 is 43.7 Å². The molecule has 1 unspecified atom stereocenters. The molecule has 2 N–H and O–H groups in total. The molecular formula is C30H44N2O11. The topological polar surface area (TPSA) is 159 Å². The molecule has 2 amide bonds. The molecule has 1 heterocycles. The molecule has 2 rings (SSSR count). The first-order valence-corrected chi connectivity index (χ1v) is 14.5. The number of ether oxygens (including phenoxy) is 6. The predicted molar refractivity (Wildman–Crippen MR) is 155 cm³/mol. The summed E-state index contributed by atoms with van der Waals surface area (Å²) in [4.78, 5) is 46.7. The molecule has 0 aliphatic carbocycles. The molecule has 0 radical (unpaired) electrons. The van der Waals surface area contributed by atoms with Gasteiger partial charge in [0.2, 0.25) is 11.8 Å². The number of carbonyl (C=O) groups excluding carboxylic acids is 4. The molecule has 0 fully saturated rings. The van der Waals surface area contributed by atoms with Gasteiger partial charge >= 0.3 is 0 Å². The van der Waals surface area contributed by atoms with Gasteiger partial charge in [-0.2, -0.15) is 0 Å². The number of benzene rings is 1. The van der Waals surface area contributed by atoms with Crippen LogP contribution in [0.1, 0.15) is 46.4 Å². The molecule has 0 saturated heterocycles. The van der Waals surface area contributed by atoms with E-state index in [4.69, 9.17) is 28.4 Å². The normalized spacial score (nSPS) is 14.3. The van der Waals surface area contributed by atoms with Gasteiger partial charge in [-0.3, -0.25) is 19.2 Å². The van der Waals surface area contributed by atoms with Crippen molar-refractivity contribution in [1.82, 2.24) is 10.2 Å². The summed E-state index contributed by atoms with van der Waals surface area (Å²) in [5.74, 6) is 0.138. The van der Waals surface area contributed by atoms with Gasteiger partial charge in [-0.15, -0.1) is 0 Å². The highest BCUT2D eigenvalue weighted by atomic mass is 16.6. The summed E-state index contributed by atoms with van der Waals surface area (Å²) in [6.07, 6.45) is 6.04. The van der Waals surface area contributed by atoms with Gasteiger partial charge in [-0.05, 0) is 31.1 Å². The van der Waals surface area contributed by atoms with Crippen molar-refractivity contribution in [2.45, 2.75) is 31.9 Å². The average Bonchev–Trinajstić information content (AvgIpc) is 3.34. The molecule has 43 heavy (non-hydrogen) atoms. The molecule has 0 spiro atoms. The lowest BCUT2D eigenvalue weighted by Gasteiger charge is -2.20. The summed E-state index contributed by atoms with van der Waals surface area (Å²) in [5.41, 5.74) is 0.810. The van der Waals surface area contributed by atoms with Crippen LogP contribution >= 0.6 is 0 Å². The van der Waals surface area contributed by atoms with E-state index >= 15 is 0 Å². The lowest BCUT2D eigenvalue weighted by atomic mass is 10.1. The van der Waals surface area contributed by atoms with Crippen LogP contribution in [-0.4, -0.2) is 126 Å². The van der Waals surface area contributed by atoms with Crippen LogP contribution in [0.25, 0.3) is 0 Å². The standard InChI is InChI=1S/C30H44N2O11/c33-23-25-5-6-26(24-34)27(22-25)43-21-20-42-19-18-41-17-16-40-15-14-39-13-12-38-11-9-31-28(35)4-2-1-3-10-32-29(36)7-8-30(32)37/h5-8,22-24,29,36H,1-4,9-21H2,(H,31,35). The fraction of sp³-hybridized carbons (Fsp3) is 0.600. The maximum Gasteiger partial charge on any atom is 0.248 e. The average molecular weight is 609 g/mol. The molecule has 0 aromatic heterocycles. The SMILES string of the molecule is O=Cc1ccc(C=O)c(OCCOCCOCCOCCOCCOCCNC(=O)CCCCCN2C(=O)C=CC2O)c1. The van der Waals surface area contributed by atoms with E-state index in [-0.39, 0.29) is 18.4 Å². The summed E-state index contributed by atoms with van der Waals surface area (Å²) in [6.45, 7) is 5.25. The monoisotopic (exact) mass is 608 g/mol. The third-order valence-electron chi connectivity index (χ3n) is 6.16. The Morgan fingerprint density at radius 3 is 1.98 bits per heavy atom. The highest BCUT2D eigenvalue weighted by Gasteiger charge is 2.22. The first-order valence-electron chi connectivity index (χ1n) is 14.5. The van der Waals surface area contributed by atoms with Crippen LogP contribution in [-0.2, 0) is 33.3 Å². The van der Waals surface area contributed by atoms with Crippen LogP contribution in [0.5, 0.6) is 5.75 Å². The van der Waals surface area contributed by atoms with Gasteiger partial charge in [0.15, 0.2) is 6.29 Å². The van der Waals surface area contributed by atoms with E-state index in [0.29, 0.717) is 115 Å². The Bertz CT molecular complexity index is 989. The van der Waals surface area contributed by atoms with Crippen molar-refractivity contribution >= 4 is 24.4 Å². The van der Waals surface area contributed by atoms with Gasteiger partial charge in [0.05, 0.1) is 71.6 Å². The van der Waals surface area contributed by atoms with Crippen LogP contribution in [0.4, 0.5) is 0 Å². The van der Waals surface area contributed by atoms with E-state index in [1.165, 1.54) is 29.2 Å². The Balaban J connectivity index is 1.26. The second-order valence-corrected chi connectivity index (χ2v) is 9.41. The molecule has 1 aromatic carbocycles. The number of unbranched alkanes of at least 4 members (excludes halogenated alkanes) is 2. The fourth-order valence-corrected chi connectivity index (χ4v) is 3.88. The van der Waals surface area contributed by atoms with Crippen LogP contribution in [0.3, 0.4) is 0 Å². The highest BCUT2D eigenvalue weighted by Crippen LogP contribution is 2.18. The fourth-order valence-electron chi connectivity index (χ4n) is 3.88. The van der Waals surface area contributed by atoms with Crippen molar-refractivity contribution < 1.29 is 52.7 Å². The van der Waals surface area contributed by atoms with Gasteiger partial charge in [-0.25, -0.2) is 0 Å². The predicted octanol–water partition coefficient (Wildman–Crippen LogP) is 1.17. The van der Waals surface area contributed by atoms with Crippen molar-refractivity contribution in [2.24, 2.45) is 0 Å². The Morgan fingerprint density at radius 2 is 1.42 bits per heavy atom. The van der Waals surface area contributed by atoms with E-state index < -0.39 is 6.23 Å². The minimum Gasteiger partial charge on any atom is -0.490 e. The van der Waals surface area contributed by atoms with Crippen LogP contribution in [0.15, 0.2) is 30.4 Å². The molecule has 0 bridgehead atoms. The van der Waals surface area contributed by atoms with E-state index in [2.05, 4.69) is 5.32 Å². The van der Waals surface area contributed by atoms with Crippen molar-refractivity contribution in [2.75, 3.05) is 85.8 Å². The molecule has 0 saturated carbocycles. The molecule has 13 nitrogen and oxygen atoms in total. The number of carbonyl (C=O) groups is 4. The maximum atomic E-state index is 11.9. The molecule has 13 heteroatoms. The first-order chi connectivity index (χ1) is 21.0. The van der Waals surface area contributed by atoms with Gasteiger partial charge in [0.25, 0.3) is 0 Å². The first kappa shape index (κ1) is 36.0. The summed E-state index contributed by atoms with van der Waals surface area (Å²) in [5, 5.41) is 12.4. The minimum atomic E-state index is -0.833. The van der Waals surface area contributed by atoms with Crippen LogP contribution in [0.2, 0.25) is 0 Å². The Labute approximate surface area is 252 Å². The Hall–Kier alpha value is -3.20. The lowest BCUT2D eigenvalue weighted by Crippen LogP contribution is -2.34. The molecule has 1 aliphatic heterocycles. The number of aldehydes is 2. The summed E-state index contributed by atoms with van der Waals surface area (Å²) in [6, 6.07) is 4.61. The van der Waals surface area contributed by atoms with Gasteiger partial charge in [-0.1, -0.05) is 12.5 Å². The molecular weight excluding hydrogens is 564 g/mol. The van der Waals surface area contributed by atoms with Crippen LogP contribution in [0, 0.1) is 0 Å². The van der Waals surface area contributed by atoms with Crippen molar-refractivity contribution in [1.29, 1.82) is 0 Å². The van der Waals surface area contributed by atoms with Crippen LogP contribution < -0.4 is 10.1 Å². The summed E-state index contributed by atoms with van der Waals surface area (Å²) >= 11 is 0. The van der Waals surface area contributed by atoms with E-state index in [1.54, 1.807) is 6.07 Å². The lowest BCUT2D eigenvalue weighted by molar-refractivity contribution is -0.131. The summed E-state index contributed by atoms with van der Waals surface area (Å²) in [7, 11) is 0. The van der Waals surface area contributed by atoms with E-state index in [9.17, 15) is 24.3 Å². The molecule has 1 aliphatic rings. The highest BCUT2D eigenvalue weighted by molar-refractivity contribution is 5.90. The van der Waals surface area contributed by atoms with E-state index in [1.807, 2.05) is 0 Å². The second kappa shape index (κ2) is 23.3. The van der Waals surface area contributed by atoms with Crippen molar-refractivity contribution in [3.63, 3.8) is 0 Å². The third kappa shape index (κ3) is 16.3. The molecule has 1 atom stereocenters. The molecule has 240 valence electrons. The number of hydrogen-bond acceptors (Lipinski definition) is 11. The minimum absolute atomic E-state index is 0.0354. The Kier molecular flexibility index (Phi) is 19.5. The van der Waals surface area contributed by atoms with Gasteiger partial charge in [0, 0.05) is 31.1 Å².